The number of carbonyl (C=O) groups excluding carboxylic acids is 1. The summed E-state index contributed by atoms with van der Waals surface area (Å²) in [5, 5.41) is 2.96. The molecule has 2 aromatic rings. The first-order chi connectivity index (χ1) is 12.5. The SMILES string of the molecule is CN1CCN(Cc2ccc(C(=O)Nc3ccc(CN)c(I)c3)cc2)CC1. The van der Waals surface area contributed by atoms with Crippen LogP contribution < -0.4 is 11.1 Å². The summed E-state index contributed by atoms with van der Waals surface area (Å²) in [5.41, 5.74) is 9.47. The Morgan fingerprint density at radius 2 is 1.81 bits per heavy atom. The zero-order valence-electron chi connectivity index (χ0n) is 15.0. The first-order valence-corrected chi connectivity index (χ1v) is 9.92. The molecule has 1 aliphatic heterocycles. The van der Waals surface area contributed by atoms with Gasteiger partial charge in [-0.1, -0.05) is 18.2 Å². The number of rotatable bonds is 5. The minimum absolute atomic E-state index is 0.0903. The van der Waals surface area contributed by atoms with Crippen molar-refractivity contribution < 1.29 is 4.79 Å². The number of hydrogen-bond donors (Lipinski definition) is 2. The van der Waals surface area contributed by atoms with Crippen molar-refractivity contribution in [3.8, 4) is 0 Å². The molecule has 0 spiro atoms. The summed E-state index contributed by atoms with van der Waals surface area (Å²) in [5.74, 6) is -0.0903. The van der Waals surface area contributed by atoms with Crippen molar-refractivity contribution in [1.82, 2.24) is 9.80 Å². The summed E-state index contributed by atoms with van der Waals surface area (Å²) in [6.07, 6.45) is 0. The molecule has 6 heteroatoms. The van der Waals surface area contributed by atoms with Gasteiger partial charge in [0, 0.05) is 54.1 Å². The first-order valence-electron chi connectivity index (χ1n) is 8.85. The fourth-order valence-corrected chi connectivity index (χ4v) is 3.76. The summed E-state index contributed by atoms with van der Waals surface area (Å²) >= 11 is 2.24. The fraction of sp³-hybridized carbons (Fsp3) is 0.350. The second-order valence-electron chi connectivity index (χ2n) is 6.74. The molecule has 0 aromatic heterocycles. The van der Waals surface area contributed by atoms with Gasteiger partial charge in [-0.15, -0.1) is 0 Å². The number of nitrogens with two attached hydrogens (primary N) is 1. The first kappa shape index (κ1) is 19.3. The molecule has 1 saturated heterocycles. The van der Waals surface area contributed by atoms with Crippen LogP contribution in [0.5, 0.6) is 0 Å². The summed E-state index contributed by atoms with van der Waals surface area (Å²) in [6, 6.07) is 13.7. The third-order valence-electron chi connectivity index (χ3n) is 4.75. The van der Waals surface area contributed by atoms with Crippen molar-refractivity contribution in [2.75, 3.05) is 38.5 Å². The van der Waals surface area contributed by atoms with Crippen LogP contribution in [0.3, 0.4) is 0 Å². The van der Waals surface area contributed by atoms with Crippen LogP contribution in [0.25, 0.3) is 0 Å². The van der Waals surface area contributed by atoms with Gasteiger partial charge >= 0.3 is 0 Å². The predicted molar refractivity (Wildman–Crippen MR) is 114 cm³/mol. The fourth-order valence-electron chi connectivity index (χ4n) is 3.02. The highest BCUT2D eigenvalue weighted by atomic mass is 127. The van der Waals surface area contributed by atoms with E-state index in [1.165, 1.54) is 5.56 Å². The second-order valence-corrected chi connectivity index (χ2v) is 7.90. The quantitative estimate of drug-likeness (QED) is 0.669. The third-order valence-corrected chi connectivity index (χ3v) is 5.75. The molecule has 26 heavy (non-hydrogen) atoms. The van der Waals surface area contributed by atoms with Crippen molar-refractivity contribution >= 4 is 34.2 Å². The summed E-state index contributed by atoms with van der Waals surface area (Å²) in [4.78, 5) is 17.3. The molecule has 5 nitrogen and oxygen atoms in total. The van der Waals surface area contributed by atoms with Gasteiger partial charge < -0.3 is 16.0 Å². The van der Waals surface area contributed by atoms with Crippen molar-refractivity contribution in [2.24, 2.45) is 5.73 Å². The van der Waals surface area contributed by atoms with Crippen LogP contribution in [0, 0.1) is 3.57 Å². The minimum atomic E-state index is -0.0903. The molecule has 138 valence electrons. The Bertz CT molecular complexity index is 755. The van der Waals surface area contributed by atoms with Gasteiger partial charge in [0.15, 0.2) is 0 Å². The zero-order chi connectivity index (χ0) is 18.5. The topological polar surface area (TPSA) is 61.6 Å². The standard InChI is InChI=1S/C20H25IN4O/c1-24-8-10-25(11-9-24)14-15-2-4-16(5-3-15)20(26)23-18-7-6-17(13-22)19(21)12-18/h2-7,12H,8-11,13-14,22H2,1H3,(H,23,26). The molecule has 0 aliphatic carbocycles. The number of amides is 1. The van der Waals surface area contributed by atoms with Gasteiger partial charge in [-0.2, -0.15) is 0 Å². The summed E-state index contributed by atoms with van der Waals surface area (Å²) in [6.45, 7) is 5.85. The molecule has 1 heterocycles. The maximum absolute atomic E-state index is 12.5. The van der Waals surface area contributed by atoms with E-state index in [0.29, 0.717) is 12.1 Å². The highest BCUT2D eigenvalue weighted by Crippen LogP contribution is 2.18. The van der Waals surface area contributed by atoms with Crippen LogP contribution in [-0.4, -0.2) is 48.9 Å². The van der Waals surface area contributed by atoms with E-state index in [9.17, 15) is 4.79 Å². The maximum Gasteiger partial charge on any atom is 0.255 e. The Kier molecular flexibility index (Phi) is 6.63. The summed E-state index contributed by atoms with van der Waals surface area (Å²) < 4.78 is 1.06. The molecule has 3 N–H and O–H groups in total. The van der Waals surface area contributed by atoms with Crippen LogP contribution in [-0.2, 0) is 13.1 Å². The largest absolute Gasteiger partial charge is 0.326 e. The average molecular weight is 464 g/mol. The molecule has 1 amide bonds. The molecule has 0 radical (unpaired) electrons. The van der Waals surface area contributed by atoms with Gasteiger partial charge in [-0.3, -0.25) is 9.69 Å². The van der Waals surface area contributed by atoms with E-state index in [2.05, 4.69) is 56.9 Å². The number of carbonyl (C=O) groups is 1. The van der Waals surface area contributed by atoms with E-state index in [1.807, 2.05) is 30.3 Å². The number of benzene rings is 2. The van der Waals surface area contributed by atoms with Gasteiger partial charge in [-0.25, -0.2) is 0 Å². The van der Waals surface area contributed by atoms with Crippen molar-refractivity contribution in [3.05, 3.63) is 62.7 Å². The second kappa shape index (κ2) is 8.94. The van der Waals surface area contributed by atoms with E-state index in [4.69, 9.17) is 5.73 Å². The number of likely N-dealkylation sites (N-methyl/N-ethyl adjacent to an activating group) is 1. The van der Waals surface area contributed by atoms with Gasteiger partial charge in [0.05, 0.1) is 0 Å². The van der Waals surface area contributed by atoms with Crippen molar-refractivity contribution in [1.29, 1.82) is 0 Å². The molecule has 0 bridgehead atoms. The third kappa shape index (κ3) is 5.03. The number of nitrogens with zero attached hydrogens (tertiary/aromatic N) is 2. The molecular weight excluding hydrogens is 439 g/mol. The number of anilines is 1. The lowest BCUT2D eigenvalue weighted by Crippen LogP contribution is -2.43. The number of nitrogens with one attached hydrogen (secondary N) is 1. The van der Waals surface area contributed by atoms with Crippen molar-refractivity contribution in [3.63, 3.8) is 0 Å². The molecule has 0 unspecified atom stereocenters. The van der Waals surface area contributed by atoms with E-state index in [-0.39, 0.29) is 5.91 Å². The Hall–Kier alpha value is -1.48. The minimum Gasteiger partial charge on any atom is -0.326 e. The predicted octanol–water partition coefficient (Wildman–Crippen LogP) is 2.75. The van der Waals surface area contributed by atoms with Crippen LogP contribution in [0.4, 0.5) is 5.69 Å². The number of piperazine rings is 1. The molecular formula is C20H25IN4O. The van der Waals surface area contributed by atoms with Crippen LogP contribution in [0.1, 0.15) is 21.5 Å². The lowest BCUT2D eigenvalue weighted by atomic mass is 10.1. The van der Waals surface area contributed by atoms with Gasteiger partial charge in [0.2, 0.25) is 0 Å². The number of halogens is 1. The number of hydrogen-bond acceptors (Lipinski definition) is 4. The highest BCUT2D eigenvalue weighted by Gasteiger charge is 2.14. The van der Waals surface area contributed by atoms with Crippen molar-refractivity contribution in [2.45, 2.75) is 13.1 Å². The Labute approximate surface area is 168 Å². The smallest absolute Gasteiger partial charge is 0.255 e. The highest BCUT2D eigenvalue weighted by molar-refractivity contribution is 14.1. The Morgan fingerprint density at radius 3 is 2.42 bits per heavy atom. The van der Waals surface area contributed by atoms with Gasteiger partial charge in [0.25, 0.3) is 5.91 Å². The molecule has 3 rings (SSSR count). The lowest BCUT2D eigenvalue weighted by Gasteiger charge is -2.32. The lowest BCUT2D eigenvalue weighted by molar-refractivity contribution is 0.102. The van der Waals surface area contributed by atoms with E-state index >= 15 is 0 Å². The van der Waals surface area contributed by atoms with E-state index in [1.54, 1.807) is 0 Å². The van der Waals surface area contributed by atoms with Gasteiger partial charge in [0.1, 0.15) is 0 Å². The molecule has 1 aliphatic rings. The maximum atomic E-state index is 12.5. The van der Waals surface area contributed by atoms with Crippen LogP contribution in [0.15, 0.2) is 42.5 Å². The summed E-state index contributed by atoms with van der Waals surface area (Å²) in [7, 11) is 2.16. The average Bonchev–Trinajstić information content (AvgIpc) is 2.64. The molecule has 0 saturated carbocycles. The van der Waals surface area contributed by atoms with Crippen LogP contribution in [0.2, 0.25) is 0 Å². The van der Waals surface area contributed by atoms with E-state index < -0.39 is 0 Å². The van der Waals surface area contributed by atoms with Crippen LogP contribution >= 0.6 is 22.6 Å². The monoisotopic (exact) mass is 464 g/mol. The normalized spacial score (nSPS) is 15.8. The molecule has 2 aromatic carbocycles. The Balaban J connectivity index is 1.59. The van der Waals surface area contributed by atoms with E-state index in [0.717, 1.165) is 47.5 Å². The molecule has 0 atom stereocenters. The molecule has 1 fully saturated rings. The zero-order valence-corrected chi connectivity index (χ0v) is 17.2. The van der Waals surface area contributed by atoms with Gasteiger partial charge in [-0.05, 0) is 65.0 Å². The Morgan fingerprint density at radius 1 is 1.12 bits per heavy atom.